The number of ether oxygens (including phenoxy) is 1. The SMILES string of the molecule is Cc1cnc(Oc2ccc3c(c2)CCC(=O)N3)c(Br)c1. The monoisotopic (exact) mass is 332 g/mol. The fourth-order valence-corrected chi connectivity index (χ4v) is 2.68. The van der Waals surface area contributed by atoms with Crippen molar-refractivity contribution in [2.24, 2.45) is 0 Å². The Hall–Kier alpha value is -1.88. The highest BCUT2D eigenvalue weighted by Crippen LogP contribution is 2.31. The lowest BCUT2D eigenvalue weighted by Gasteiger charge is -2.17. The van der Waals surface area contributed by atoms with Gasteiger partial charge in [-0.05, 0) is 64.7 Å². The van der Waals surface area contributed by atoms with Gasteiger partial charge < -0.3 is 10.1 Å². The van der Waals surface area contributed by atoms with E-state index in [1.165, 1.54) is 0 Å². The number of nitrogens with zero attached hydrogens (tertiary/aromatic N) is 1. The first-order valence-corrected chi connectivity index (χ1v) is 7.14. The molecule has 0 bridgehead atoms. The van der Waals surface area contributed by atoms with E-state index >= 15 is 0 Å². The number of carbonyl (C=O) groups is 1. The number of carbonyl (C=O) groups excluding carboxylic acids is 1. The van der Waals surface area contributed by atoms with E-state index in [-0.39, 0.29) is 5.91 Å². The summed E-state index contributed by atoms with van der Waals surface area (Å²) in [4.78, 5) is 15.6. The molecule has 0 fully saturated rings. The number of rotatable bonds is 2. The molecule has 2 heterocycles. The molecule has 1 aliphatic rings. The number of hydrogen-bond acceptors (Lipinski definition) is 3. The van der Waals surface area contributed by atoms with Crippen molar-refractivity contribution in [3.63, 3.8) is 0 Å². The summed E-state index contributed by atoms with van der Waals surface area (Å²) in [6.45, 7) is 1.98. The maximum absolute atomic E-state index is 11.3. The fraction of sp³-hybridized carbons (Fsp3) is 0.200. The number of aromatic nitrogens is 1. The van der Waals surface area contributed by atoms with Gasteiger partial charge in [-0.1, -0.05) is 0 Å². The third-order valence-corrected chi connectivity index (χ3v) is 3.70. The van der Waals surface area contributed by atoms with Gasteiger partial charge in [0.2, 0.25) is 11.8 Å². The Bertz CT molecular complexity index is 686. The van der Waals surface area contributed by atoms with Crippen LogP contribution in [0.5, 0.6) is 11.6 Å². The summed E-state index contributed by atoms with van der Waals surface area (Å²) >= 11 is 3.44. The Morgan fingerprint density at radius 1 is 1.30 bits per heavy atom. The zero-order valence-corrected chi connectivity index (χ0v) is 12.5. The van der Waals surface area contributed by atoms with E-state index in [9.17, 15) is 4.79 Å². The van der Waals surface area contributed by atoms with Gasteiger partial charge in [-0.15, -0.1) is 0 Å². The Morgan fingerprint density at radius 3 is 2.95 bits per heavy atom. The number of halogens is 1. The molecule has 1 N–H and O–H groups in total. The zero-order chi connectivity index (χ0) is 14.1. The maximum Gasteiger partial charge on any atom is 0.233 e. The molecule has 0 aliphatic carbocycles. The van der Waals surface area contributed by atoms with Crippen LogP contribution in [0.2, 0.25) is 0 Å². The smallest absolute Gasteiger partial charge is 0.233 e. The number of benzene rings is 1. The van der Waals surface area contributed by atoms with Crippen molar-refractivity contribution >= 4 is 27.5 Å². The number of amides is 1. The molecule has 0 unspecified atom stereocenters. The standard InChI is InChI=1S/C15H13BrN2O2/c1-9-6-12(16)15(17-8-9)20-11-3-4-13-10(7-11)2-5-14(19)18-13/h3-4,6-8H,2,5H2,1H3,(H,18,19). The van der Waals surface area contributed by atoms with Crippen LogP contribution in [0.15, 0.2) is 34.9 Å². The summed E-state index contributed by atoms with van der Waals surface area (Å²) in [6.07, 6.45) is 3.02. The zero-order valence-electron chi connectivity index (χ0n) is 10.9. The van der Waals surface area contributed by atoms with Gasteiger partial charge in [-0.25, -0.2) is 4.98 Å². The third kappa shape index (κ3) is 2.67. The molecule has 0 radical (unpaired) electrons. The molecule has 102 valence electrons. The average Bonchev–Trinajstić information content (AvgIpc) is 2.42. The van der Waals surface area contributed by atoms with E-state index < -0.39 is 0 Å². The fourth-order valence-electron chi connectivity index (χ4n) is 2.13. The highest BCUT2D eigenvalue weighted by Gasteiger charge is 2.15. The molecule has 0 saturated heterocycles. The number of anilines is 1. The second-order valence-electron chi connectivity index (χ2n) is 4.77. The molecule has 0 atom stereocenters. The first-order chi connectivity index (χ1) is 9.61. The normalized spacial score (nSPS) is 13.6. The molecule has 1 amide bonds. The number of nitrogens with one attached hydrogen (secondary N) is 1. The van der Waals surface area contributed by atoms with Crippen LogP contribution in [0.1, 0.15) is 17.5 Å². The topological polar surface area (TPSA) is 51.2 Å². The van der Waals surface area contributed by atoms with Gasteiger partial charge in [0.15, 0.2) is 0 Å². The van der Waals surface area contributed by atoms with Crippen LogP contribution in [0.4, 0.5) is 5.69 Å². The molecular formula is C15H13BrN2O2. The second kappa shape index (κ2) is 5.25. The van der Waals surface area contributed by atoms with Gasteiger partial charge in [0.25, 0.3) is 0 Å². The highest BCUT2D eigenvalue weighted by molar-refractivity contribution is 9.10. The van der Waals surface area contributed by atoms with Crippen LogP contribution < -0.4 is 10.1 Å². The molecule has 1 aromatic carbocycles. The first-order valence-electron chi connectivity index (χ1n) is 6.34. The quantitative estimate of drug-likeness (QED) is 0.909. The van der Waals surface area contributed by atoms with Gasteiger partial charge in [-0.3, -0.25) is 4.79 Å². The first kappa shape index (κ1) is 13.1. The molecule has 3 rings (SSSR count). The number of hydrogen-bond donors (Lipinski definition) is 1. The Balaban J connectivity index is 1.86. The van der Waals surface area contributed by atoms with Crippen molar-refractivity contribution in [2.75, 3.05) is 5.32 Å². The minimum absolute atomic E-state index is 0.0640. The van der Waals surface area contributed by atoms with Gasteiger partial charge in [-0.2, -0.15) is 0 Å². The predicted octanol–water partition coefficient (Wildman–Crippen LogP) is 3.83. The molecule has 4 nitrogen and oxygen atoms in total. The Labute approximate surface area is 125 Å². The lowest BCUT2D eigenvalue weighted by Crippen LogP contribution is -2.18. The number of aryl methyl sites for hydroxylation is 2. The molecule has 1 aliphatic heterocycles. The summed E-state index contributed by atoms with van der Waals surface area (Å²) in [5.74, 6) is 1.32. The summed E-state index contributed by atoms with van der Waals surface area (Å²) in [6, 6.07) is 7.60. The van der Waals surface area contributed by atoms with Crippen molar-refractivity contribution in [3.8, 4) is 11.6 Å². The average molecular weight is 333 g/mol. The summed E-state index contributed by atoms with van der Waals surface area (Å²) < 4.78 is 6.61. The van der Waals surface area contributed by atoms with Crippen molar-refractivity contribution in [2.45, 2.75) is 19.8 Å². The van der Waals surface area contributed by atoms with Crippen molar-refractivity contribution < 1.29 is 9.53 Å². The minimum atomic E-state index is 0.0640. The van der Waals surface area contributed by atoms with Crippen LogP contribution >= 0.6 is 15.9 Å². The Morgan fingerprint density at radius 2 is 2.15 bits per heavy atom. The highest BCUT2D eigenvalue weighted by atomic mass is 79.9. The largest absolute Gasteiger partial charge is 0.438 e. The molecule has 20 heavy (non-hydrogen) atoms. The summed E-state index contributed by atoms with van der Waals surface area (Å²) in [5, 5.41) is 2.85. The molecular weight excluding hydrogens is 320 g/mol. The van der Waals surface area contributed by atoms with Crippen LogP contribution in [-0.4, -0.2) is 10.9 Å². The lowest BCUT2D eigenvalue weighted by atomic mass is 10.0. The van der Waals surface area contributed by atoms with Gasteiger partial charge >= 0.3 is 0 Å². The lowest BCUT2D eigenvalue weighted by molar-refractivity contribution is -0.116. The second-order valence-corrected chi connectivity index (χ2v) is 5.62. The van der Waals surface area contributed by atoms with Gasteiger partial charge in [0, 0.05) is 18.3 Å². The molecule has 2 aromatic rings. The molecule has 5 heteroatoms. The van der Waals surface area contributed by atoms with E-state index in [0.29, 0.717) is 12.3 Å². The van der Waals surface area contributed by atoms with E-state index in [2.05, 4.69) is 26.2 Å². The Kier molecular flexibility index (Phi) is 3.44. The van der Waals surface area contributed by atoms with Crippen LogP contribution in [0.3, 0.4) is 0 Å². The number of fused-ring (bicyclic) bond motifs is 1. The van der Waals surface area contributed by atoms with Crippen LogP contribution in [0.25, 0.3) is 0 Å². The molecule has 0 spiro atoms. The van der Waals surface area contributed by atoms with E-state index in [1.807, 2.05) is 31.2 Å². The molecule has 1 aromatic heterocycles. The van der Waals surface area contributed by atoms with Crippen LogP contribution in [-0.2, 0) is 11.2 Å². The maximum atomic E-state index is 11.3. The summed E-state index contributed by atoms with van der Waals surface area (Å²) in [5.41, 5.74) is 3.02. The van der Waals surface area contributed by atoms with Gasteiger partial charge in [0.05, 0.1) is 4.47 Å². The third-order valence-electron chi connectivity index (χ3n) is 3.13. The van der Waals surface area contributed by atoms with E-state index in [1.54, 1.807) is 6.20 Å². The van der Waals surface area contributed by atoms with Crippen molar-refractivity contribution in [1.29, 1.82) is 0 Å². The number of pyridine rings is 1. The predicted molar refractivity (Wildman–Crippen MR) is 80.1 cm³/mol. The van der Waals surface area contributed by atoms with Crippen LogP contribution in [0, 0.1) is 6.92 Å². The van der Waals surface area contributed by atoms with Crippen molar-refractivity contribution in [1.82, 2.24) is 4.98 Å². The van der Waals surface area contributed by atoms with E-state index in [0.717, 1.165) is 33.5 Å². The summed E-state index contributed by atoms with van der Waals surface area (Å²) in [7, 11) is 0. The van der Waals surface area contributed by atoms with Gasteiger partial charge in [0.1, 0.15) is 5.75 Å². The molecule has 0 saturated carbocycles. The van der Waals surface area contributed by atoms with Crippen molar-refractivity contribution in [3.05, 3.63) is 46.1 Å². The minimum Gasteiger partial charge on any atom is -0.438 e. The van der Waals surface area contributed by atoms with E-state index in [4.69, 9.17) is 4.74 Å².